The van der Waals surface area contributed by atoms with E-state index < -0.39 is 29.8 Å². The lowest BCUT2D eigenvalue weighted by molar-refractivity contribution is -0.150. The fourth-order valence-corrected chi connectivity index (χ4v) is 2.01. The zero-order chi connectivity index (χ0) is 17.5. The van der Waals surface area contributed by atoms with Crippen LogP contribution in [0.2, 0.25) is 0 Å². The third-order valence-electron chi connectivity index (χ3n) is 2.95. The summed E-state index contributed by atoms with van der Waals surface area (Å²) >= 11 is 0. The Hall–Kier alpha value is -2.08. The van der Waals surface area contributed by atoms with Crippen molar-refractivity contribution in [1.82, 2.24) is 5.32 Å². The summed E-state index contributed by atoms with van der Waals surface area (Å²) < 4.78 is 15.6. The highest BCUT2D eigenvalue weighted by Crippen LogP contribution is 2.14. The minimum absolute atomic E-state index is 0.120. The summed E-state index contributed by atoms with van der Waals surface area (Å²) in [4.78, 5) is 23.8. The lowest BCUT2D eigenvalue weighted by Gasteiger charge is -2.29. The number of alkyl carbamates (subject to hydrolysis) is 1. The van der Waals surface area contributed by atoms with E-state index in [0.29, 0.717) is 0 Å². The number of ether oxygens (including phenoxy) is 3. The number of amides is 1. The topological polar surface area (TPSA) is 73.9 Å². The number of carbonyl (C=O) groups excluding carboxylic acids is 2. The molecule has 0 heterocycles. The number of hydrogen-bond donors (Lipinski definition) is 1. The Morgan fingerprint density at radius 3 is 2.30 bits per heavy atom. The van der Waals surface area contributed by atoms with Crippen LogP contribution in [0.15, 0.2) is 30.3 Å². The van der Waals surface area contributed by atoms with E-state index in [9.17, 15) is 9.59 Å². The van der Waals surface area contributed by atoms with Crippen molar-refractivity contribution in [2.75, 3.05) is 7.11 Å². The molecule has 0 aliphatic carbocycles. The summed E-state index contributed by atoms with van der Waals surface area (Å²) in [6.07, 6.45) is -1.26. The fourth-order valence-electron chi connectivity index (χ4n) is 2.01. The van der Waals surface area contributed by atoms with E-state index in [0.717, 1.165) is 5.56 Å². The molecule has 23 heavy (non-hydrogen) atoms. The highest BCUT2D eigenvalue weighted by atomic mass is 16.6. The largest absolute Gasteiger partial charge is 0.467 e. The molecule has 1 rings (SSSR count). The molecule has 0 radical (unpaired) electrons. The molecular weight excluding hydrogens is 298 g/mol. The van der Waals surface area contributed by atoms with Gasteiger partial charge in [0.1, 0.15) is 6.61 Å². The van der Waals surface area contributed by atoms with Gasteiger partial charge in [0.2, 0.25) is 0 Å². The van der Waals surface area contributed by atoms with Crippen LogP contribution in [0.3, 0.4) is 0 Å². The average molecular weight is 323 g/mol. The van der Waals surface area contributed by atoms with Gasteiger partial charge >= 0.3 is 12.1 Å². The first kappa shape index (κ1) is 19.0. The van der Waals surface area contributed by atoms with Crippen molar-refractivity contribution in [3.05, 3.63) is 35.9 Å². The van der Waals surface area contributed by atoms with Crippen molar-refractivity contribution in [3.8, 4) is 0 Å². The third-order valence-corrected chi connectivity index (χ3v) is 2.95. The van der Waals surface area contributed by atoms with E-state index in [-0.39, 0.29) is 6.61 Å². The van der Waals surface area contributed by atoms with Crippen molar-refractivity contribution >= 4 is 12.1 Å². The molecule has 128 valence electrons. The lowest BCUT2D eigenvalue weighted by Crippen LogP contribution is -2.51. The van der Waals surface area contributed by atoms with Crippen molar-refractivity contribution in [1.29, 1.82) is 0 Å². The van der Waals surface area contributed by atoms with Crippen LogP contribution in [0, 0.1) is 0 Å². The molecule has 1 amide bonds. The number of carbonyl (C=O) groups is 2. The summed E-state index contributed by atoms with van der Waals surface area (Å²) in [5.41, 5.74) is 0.401. The van der Waals surface area contributed by atoms with E-state index in [2.05, 4.69) is 5.32 Å². The molecular formula is C17H25NO5. The number of rotatable bonds is 6. The van der Waals surface area contributed by atoms with Gasteiger partial charge in [0.05, 0.1) is 18.8 Å². The van der Waals surface area contributed by atoms with Gasteiger partial charge in [0, 0.05) is 0 Å². The van der Waals surface area contributed by atoms with E-state index in [4.69, 9.17) is 14.2 Å². The van der Waals surface area contributed by atoms with Crippen LogP contribution in [0.25, 0.3) is 0 Å². The molecule has 0 aliphatic rings. The number of nitrogens with one attached hydrogen (secondary N) is 1. The van der Waals surface area contributed by atoms with E-state index in [1.54, 1.807) is 6.92 Å². The van der Waals surface area contributed by atoms with Gasteiger partial charge in [0.25, 0.3) is 0 Å². The van der Waals surface area contributed by atoms with Gasteiger partial charge in [0.15, 0.2) is 6.04 Å². The number of benzene rings is 1. The third kappa shape index (κ3) is 7.15. The molecule has 6 heteroatoms. The summed E-state index contributed by atoms with van der Waals surface area (Å²) in [7, 11) is 1.26. The van der Waals surface area contributed by atoms with Crippen LogP contribution < -0.4 is 5.32 Å². The zero-order valence-corrected chi connectivity index (χ0v) is 14.3. The zero-order valence-electron chi connectivity index (χ0n) is 14.3. The molecule has 0 saturated heterocycles. The fraction of sp³-hybridized carbons (Fsp3) is 0.529. The van der Waals surface area contributed by atoms with Gasteiger partial charge in [-0.05, 0) is 33.3 Å². The monoisotopic (exact) mass is 323 g/mol. The summed E-state index contributed by atoms with van der Waals surface area (Å²) in [5.74, 6) is -0.585. The van der Waals surface area contributed by atoms with Crippen LogP contribution >= 0.6 is 0 Å². The van der Waals surface area contributed by atoms with Gasteiger partial charge < -0.3 is 19.5 Å². The minimum atomic E-state index is -0.942. The van der Waals surface area contributed by atoms with Crippen LogP contribution in [-0.2, 0) is 25.6 Å². The van der Waals surface area contributed by atoms with Gasteiger partial charge in [-0.15, -0.1) is 0 Å². The predicted molar refractivity (Wildman–Crippen MR) is 85.9 cm³/mol. The highest BCUT2D eigenvalue weighted by Gasteiger charge is 2.31. The standard InChI is InChI=1S/C17H25NO5/c1-12(23-17(2,3)4)14(15(19)21-5)18-16(20)22-11-13-9-7-6-8-10-13/h6-10,12,14H,11H2,1-5H3,(H,18,20)/t12?,14-/m0/s1. The van der Waals surface area contributed by atoms with E-state index in [1.165, 1.54) is 7.11 Å². The van der Waals surface area contributed by atoms with Crippen molar-refractivity contribution in [3.63, 3.8) is 0 Å². The van der Waals surface area contributed by atoms with Crippen LogP contribution in [0.4, 0.5) is 4.79 Å². The first-order valence-electron chi connectivity index (χ1n) is 7.46. The molecule has 0 bridgehead atoms. The highest BCUT2D eigenvalue weighted by molar-refractivity contribution is 5.81. The SMILES string of the molecule is COC(=O)[C@@H](NC(=O)OCc1ccccc1)C(C)OC(C)(C)C. The first-order chi connectivity index (χ1) is 10.7. The predicted octanol–water partition coefficient (Wildman–Crippen LogP) is 2.66. The minimum Gasteiger partial charge on any atom is -0.467 e. The lowest BCUT2D eigenvalue weighted by atomic mass is 10.1. The van der Waals surface area contributed by atoms with Gasteiger partial charge in [-0.1, -0.05) is 30.3 Å². The van der Waals surface area contributed by atoms with Gasteiger partial charge in [-0.3, -0.25) is 0 Å². The molecule has 1 unspecified atom stereocenters. The van der Waals surface area contributed by atoms with E-state index >= 15 is 0 Å². The number of hydrogen-bond acceptors (Lipinski definition) is 5. The Morgan fingerprint density at radius 2 is 1.78 bits per heavy atom. The van der Waals surface area contributed by atoms with Crippen LogP contribution in [0.1, 0.15) is 33.3 Å². The molecule has 2 atom stereocenters. The van der Waals surface area contributed by atoms with E-state index in [1.807, 2.05) is 51.1 Å². The Bertz CT molecular complexity index is 509. The van der Waals surface area contributed by atoms with Gasteiger partial charge in [-0.25, -0.2) is 9.59 Å². The second-order valence-electron chi connectivity index (χ2n) is 6.14. The maximum Gasteiger partial charge on any atom is 0.408 e. The molecule has 1 N–H and O–H groups in total. The molecule has 0 fully saturated rings. The summed E-state index contributed by atoms with van der Waals surface area (Å²) in [6.45, 7) is 7.42. The molecule has 0 aliphatic heterocycles. The molecule has 0 aromatic heterocycles. The Balaban J connectivity index is 2.62. The summed E-state index contributed by atoms with van der Waals surface area (Å²) in [6, 6.07) is 8.33. The van der Waals surface area contributed by atoms with Crippen LogP contribution in [0.5, 0.6) is 0 Å². The molecule has 1 aromatic carbocycles. The molecule has 6 nitrogen and oxygen atoms in total. The molecule has 1 aromatic rings. The Morgan fingerprint density at radius 1 is 1.17 bits per heavy atom. The second kappa shape index (κ2) is 8.53. The van der Waals surface area contributed by atoms with Crippen molar-refractivity contribution < 1.29 is 23.8 Å². The number of esters is 1. The normalized spacial score (nSPS) is 13.8. The maximum absolute atomic E-state index is 11.9. The Kier molecular flexibility index (Phi) is 7.03. The van der Waals surface area contributed by atoms with Crippen molar-refractivity contribution in [2.24, 2.45) is 0 Å². The first-order valence-corrected chi connectivity index (χ1v) is 7.46. The average Bonchev–Trinajstić information content (AvgIpc) is 2.49. The quantitative estimate of drug-likeness (QED) is 0.815. The molecule has 0 saturated carbocycles. The van der Waals surface area contributed by atoms with Crippen molar-refractivity contribution in [2.45, 2.75) is 52.0 Å². The Labute approximate surface area is 137 Å². The second-order valence-corrected chi connectivity index (χ2v) is 6.14. The van der Waals surface area contributed by atoms with Gasteiger partial charge in [-0.2, -0.15) is 0 Å². The summed E-state index contributed by atoms with van der Waals surface area (Å²) in [5, 5.41) is 2.50. The maximum atomic E-state index is 11.9. The smallest absolute Gasteiger partial charge is 0.408 e. The van der Waals surface area contributed by atoms with Crippen LogP contribution in [-0.4, -0.2) is 36.9 Å². The molecule has 0 spiro atoms. The number of methoxy groups -OCH3 is 1.